The van der Waals surface area contributed by atoms with Crippen molar-refractivity contribution in [3.63, 3.8) is 0 Å². The minimum Gasteiger partial charge on any atom is -0.310 e. The molecule has 11 rings (SSSR count). The standard InChI is InChI=1S/C53H38N2S/c1-53(2)49-29-27-41(32-48(49)47-30-36-25-24-35-14-9-10-21-43(35)46(36)34-50(47)53)54(37-15-5-3-6-16-37)39-19-13-20-40(31-39)55(38-17-7-4-8-18-38)42-26-28-45-44-22-11-12-23-51(44)56-52(45)33-42/h3-34H,1-2H3. The molecule has 0 N–H and O–H groups in total. The zero-order chi connectivity index (χ0) is 37.4. The summed E-state index contributed by atoms with van der Waals surface area (Å²) in [6.45, 7) is 4.75. The van der Waals surface area contributed by atoms with Gasteiger partial charge in [-0.25, -0.2) is 0 Å². The van der Waals surface area contributed by atoms with Gasteiger partial charge in [0.05, 0.1) is 0 Å². The van der Waals surface area contributed by atoms with Crippen LogP contribution < -0.4 is 9.80 Å². The largest absolute Gasteiger partial charge is 0.310 e. The van der Waals surface area contributed by atoms with E-state index in [0.717, 1.165) is 34.1 Å². The van der Waals surface area contributed by atoms with E-state index in [1.165, 1.54) is 64.0 Å². The Labute approximate surface area is 331 Å². The number of benzene rings is 9. The topological polar surface area (TPSA) is 6.48 Å². The Bertz CT molecular complexity index is 3120. The van der Waals surface area contributed by atoms with E-state index < -0.39 is 0 Å². The predicted octanol–water partition coefficient (Wildman–Crippen LogP) is 15.6. The van der Waals surface area contributed by atoms with E-state index in [1.807, 2.05) is 11.3 Å². The number of para-hydroxylation sites is 2. The van der Waals surface area contributed by atoms with E-state index in [-0.39, 0.29) is 5.41 Å². The van der Waals surface area contributed by atoms with Crippen LogP contribution in [0.25, 0.3) is 52.8 Å². The molecule has 56 heavy (non-hydrogen) atoms. The molecule has 0 atom stereocenters. The predicted molar refractivity (Wildman–Crippen MR) is 241 cm³/mol. The van der Waals surface area contributed by atoms with E-state index in [9.17, 15) is 0 Å². The molecule has 2 nitrogen and oxygen atoms in total. The van der Waals surface area contributed by atoms with Gasteiger partial charge in [0.15, 0.2) is 0 Å². The van der Waals surface area contributed by atoms with E-state index >= 15 is 0 Å². The van der Waals surface area contributed by atoms with Gasteiger partial charge in [0.1, 0.15) is 0 Å². The average molecular weight is 735 g/mol. The van der Waals surface area contributed by atoms with Crippen LogP contribution in [0.2, 0.25) is 0 Å². The molecule has 1 aliphatic rings. The van der Waals surface area contributed by atoms with Crippen molar-refractivity contribution in [1.82, 2.24) is 0 Å². The number of hydrogen-bond donors (Lipinski definition) is 0. The first-order valence-electron chi connectivity index (χ1n) is 19.3. The maximum absolute atomic E-state index is 2.46. The van der Waals surface area contributed by atoms with Crippen molar-refractivity contribution in [2.24, 2.45) is 0 Å². The molecular weight excluding hydrogens is 697 g/mol. The molecule has 0 unspecified atom stereocenters. The van der Waals surface area contributed by atoms with Crippen LogP contribution in [-0.4, -0.2) is 0 Å². The summed E-state index contributed by atoms with van der Waals surface area (Å²) >= 11 is 1.86. The third kappa shape index (κ3) is 5.16. The second kappa shape index (κ2) is 12.7. The smallest absolute Gasteiger partial charge is 0.0482 e. The zero-order valence-corrected chi connectivity index (χ0v) is 32.1. The van der Waals surface area contributed by atoms with Crippen molar-refractivity contribution in [3.05, 3.63) is 205 Å². The molecule has 0 fully saturated rings. The SMILES string of the molecule is CC1(C)c2ccc(N(c3ccccc3)c3cccc(N(c4ccccc4)c4ccc5c(c4)sc4ccccc45)c3)cc2-c2cc3ccc4ccccc4c3cc21. The van der Waals surface area contributed by atoms with Crippen molar-refractivity contribution in [3.8, 4) is 11.1 Å². The number of thiophene rings is 1. The Morgan fingerprint density at radius 2 is 0.893 bits per heavy atom. The fourth-order valence-electron chi connectivity index (χ4n) is 9.05. The summed E-state index contributed by atoms with van der Waals surface area (Å²) in [5, 5.41) is 7.80. The van der Waals surface area contributed by atoms with Crippen LogP contribution in [0.3, 0.4) is 0 Å². The van der Waals surface area contributed by atoms with Crippen molar-refractivity contribution in [2.75, 3.05) is 9.80 Å². The first kappa shape index (κ1) is 32.7. The maximum atomic E-state index is 2.46. The van der Waals surface area contributed by atoms with Gasteiger partial charge in [-0.3, -0.25) is 0 Å². The van der Waals surface area contributed by atoms with Crippen LogP contribution in [0.1, 0.15) is 25.0 Å². The number of fused-ring (bicyclic) bond motifs is 9. The monoisotopic (exact) mass is 734 g/mol. The lowest BCUT2D eigenvalue weighted by atomic mass is 9.81. The molecule has 0 saturated carbocycles. The molecule has 266 valence electrons. The van der Waals surface area contributed by atoms with Gasteiger partial charge in [0.2, 0.25) is 0 Å². The third-order valence-electron chi connectivity index (χ3n) is 11.8. The number of hydrogen-bond acceptors (Lipinski definition) is 3. The molecule has 10 aromatic rings. The number of rotatable bonds is 6. The first-order valence-corrected chi connectivity index (χ1v) is 20.2. The molecule has 1 aromatic heterocycles. The van der Waals surface area contributed by atoms with Crippen LogP contribution in [0, 0.1) is 0 Å². The van der Waals surface area contributed by atoms with Crippen molar-refractivity contribution in [1.29, 1.82) is 0 Å². The molecule has 0 spiro atoms. The summed E-state index contributed by atoms with van der Waals surface area (Å²) in [5.74, 6) is 0. The Kier molecular flexibility index (Phi) is 7.42. The van der Waals surface area contributed by atoms with Gasteiger partial charge in [0, 0.05) is 59.7 Å². The van der Waals surface area contributed by atoms with Crippen molar-refractivity contribution < 1.29 is 0 Å². The van der Waals surface area contributed by atoms with Crippen molar-refractivity contribution >= 4 is 87.2 Å². The lowest BCUT2D eigenvalue weighted by molar-refractivity contribution is 0.661. The quantitative estimate of drug-likeness (QED) is 0.157. The summed E-state index contributed by atoms with van der Waals surface area (Å²) in [5.41, 5.74) is 11.9. The zero-order valence-electron chi connectivity index (χ0n) is 31.3. The Hall–Kier alpha value is -6.68. The van der Waals surface area contributed by atoms with Gasteiger partial charge in [-0.05, 0) is 129 Å². The van der Waals surface area contributed by atoms with Gasteiger partial charge in [-0.1, -0.05) is 123 Å². The minimum absolute atomic E-state index is 0.127. The van der Waals surface area contributed by atoms with Crippen LogP contribution in [0.15, 0.2) is 194 Å². The van der Waals surface area contributed by atoms with Gasteiger partial charge in [-0.15, -0.1) is 11.3 Å². The van der Waals surface area contributed by atoms with Crippen LogP contribution >= 0.6 is 11.3 Å². The molecule has 0 aliphatic heterocycles. The maximum Gasteiger partial charge on any atom is 0.0482 e. The highest BCUT2D eigenvalue weighted by Gasteiger charge is 2.36. The van der Waals surface area contributed by atoms with Gasteiger partial charge < -0.3 is 9.80 Å². The van der Waals surface area contributed by atoms with Crippen LogP contribution in [0.4, 0.5) is 34.1 Å². The summed E-state index contributed by atoms with van der Waals surface area (Å²) in [4.78, 5) is 4.79. The van der Waals surface area contributed by atoms with E-state index in [1.54, 1.807) is 0 Å². The van der Waals surface area contributed by atoms with Crippen LogP contribution in [-0.2, 0) is 5.41 Å². The number of anilines is 6. The van der Waals surface area contributed by atoms with Crippen molar-refractivity contribution in [2.45, 2.75) is 19.3 Å². The normalized spacial score (nSPS) is 13.0. The first-order chi connectivity index (χ1) is 27.5. The Balaban J connectivity index is 1.06. The van der Waals surface area contributed by atoms with E-state index in [2.05, 4.69) is 218 Å². The van der Waals surface area contributed by atoms with E-state index in [0.29, 0.717) is 0 Å². The fraction of sp³-hybridized carbons (Fsp3) is 0.0566. The molecule has 0 radical (unpaired) electrons. The minimum atomic E-state index is -0.127. The third-order valence-corrected chi connectivity index (χ3v) is 12.9. The highest BCUT2D eigenvalue weighted by Crippen LogP contribution is 2.52. The molecular formula is C53H38N2S. The molecule has 0 bridgehead atoms. The van der Waals surface area contributed by atoms with Crippen LogP contribution in [0.5, 0.6) is 0 Å². The molecule has 0 saturated heterocycles. The highest BCUT2D eigenvalue weighted by atomic mass is 32.1. The molecule has 1 heterocycles. The number of nitrogens with zero attached hydrogens (tertiary/aromatic N) is 2. The summed E-state index contributed by atoms with van der Waals surface area (Å²) < 4.78 is 2.60. The summed E-state index contributed by atoms with van der Waals surface area (Å²) in [6.07, 6.45) is 0. The Morgan fingerprint density at radius 1 is 0.339 bits per heavy atom. The molecule has 0 amide bonds. The second-order valence-corrected chi connectivity index (χ2v) is 16.5. The van der Waals surface area contributed by atoms with Gasteiger partial charge in [-0.2, -0.15) is 0 Å². The molecule has 9 aromatic carbocycles. The summed E-state index contributed by atoms with van der Waals surface area (Å²) in [7, 11) is 0. The second-order valence-electron chi connectivity index (χ2n) is 15.4. The Morgan fingerprint density at radius 3 is 1.64 bits per heavy atom. The summed E-state index contributed by atoms with van der Waals surface area (Å²) in [6, 6.07) is 71.3. The highest BCUT2D eigenvalue weighted by molar-refractivity contribution is 7.25. The lowest BCUT2D eigenvalue weighted by Gasteiger charge is -2.30. The molecule has 3 heteroatoms. The average Bonchev–Trinajstić information content (AvgIpc) is 3.72. The van der Waals surface area contributed by atoms with E-state index in [4.69, 9.17) is 0 Å². The molecule has 1 aliphatic carbocycles. The van der Waals surface area contributed by atoms with Gasteiger partial charge >= 0.3 is 0 Å². The van der Waals surface area contributed by atoms with Gasteiger partial charge in [0.25, 0.3) is 0 Å². The lowest BCUT2D eigenvalue weighted by Crippen LogP contribution is -2.15. The fourth-order valence-corrected chi connectivity index (χ4v) is 10.2.